The first-order valence-electron chi connectivity index (χ1n) is 6.17. The van der Waals surface area contributed by atoms with Gasteiger partial charge in [-0.2, -0.15) is 0 Å². The van der Waals surface area contributed by atoms with Crippen molar-refractivity contribution in [1.29, 1.82) is 0 Å². The number of aromatic amines is 1. The van der Waals surface area contributed by atoms with Gasteiger partial charge >= 0.3 is 0 Å². The van der Waals surface area contributed by atoms with Crippen molar-refractivity contribution in [3.63, 3.8) is 0 Å². The van der Waals surface area contributed by atoms with Gasteiger partial charge in [0.25, 0.3) is 0 Å². The molecule has 0 bridgehead atoms. The molecule has 1 heterocycles. The van der Waals surface area contributed by atoms with Crippen molar-refractivity contribution in [1.82, 2.24) is 15.3 Å². The standard InChI is InChI=1S/C13H18N4O/c1-2-12-16-10-4-3-9(7-11(10)17-12)5-6-15-13(18)8-14/h3-4,7H,2,5-6,8,14H2,1H3,(H,15,18)(H,16,17). The summed E-state index contributed by atoms with van der Waals surface area (Å²) in [6.07, 6.45) is 1.69. The first-order chi connectivity index (χ1) is 8.72. The van der Waals surface area contributed by atoms with E-state index in [0.29, 0.717) is 6.54 Å². The van der Waals surface area contributed by atoms with E-state index < -0.39 is 0 Å². The van der Waals surface area contributed by atoms with Gasteiger partial charge in [-0.25, -0.2) is 4.98 Å². The number of nitrogens with two attached hydrogens (primary N) is 1. The number of aromatic nitrogens is 2. The van der Waals surface area contributed by atoms with Crippen LogP contribution >= 0.6 is 0 Å². The Labute approximate surface area is 106 Å². The number of benzene rings is 1. The first kappa shape index (κ1) is 12.6. The number of rotatable bonds is 5. The molecule has 4 N–H and O–H groups in total. The molecule has 0 aliphatic heterocycles. The van der Waals surface area contributed by atoms with Crippen molar-refractivity contribution >= 4 is 16.9 Å². The van der Waals surface area contributed by atoms with Crippen LogP contribution in [0.3, 0.4) is 0 Å². The number of nitrogens with zero attached hydrogens (tertiary/aromatic N) is 1. The number of carbonyl (C=O) groups excluding carboxylic acids is 1. The van der Waals surface area contributed by atoms with Crippen LogP contribution in [0, 0.1) is 0 Å². The molecule has 96 valence electrons. The minimum Gasteiger partial charge on any atom is -0.355 e. The van der Waals surface area contributed by atoms with Gasteiger partial charge in [-0.15, -0.1) is 0 Å². The largest absolute Gasteiger partial charge is 0.355 e. The summed E-state index contributed by atoms with van der Waals surface area (Å²) in [7, 11) is 0. The van der Waals surface area contributed by atoms with Crippen LogP contribution in [0.15, 0.2) is 18.2 Å². The molecule has 0 unspecified atom stereocenters. The fourth-order valence-electron chi connectivity index (χ4n) is 1.85. The lowest BCUT2D eigenvalue weighted by Gasteiger charge is -2.03. The van der Waals surface area contributed by atoms with Gasteiger partial charge in [0.2, 0.25) is 5.91 Å². The molecule has 18 heavy (non-hydrogen) atoms. The highest BCUT2D eigenvalue weighted by molar-refractivity contribution is 5.78. The van der Waals surface area contributed by atoms with E-state index in [4.69, 9.17) is 5.73 Å². The molecule has 2 aromatic rings. The average molecular weight is 246 g/mol. The normalized spacial score (nSPS) is 10.8. The van der Waals surface area contributed by atoms with Crippen LogP contribution in [-0.4, -0.2) is 29.0 Å². The molecule has 0 aliphatic carbocycles. The van der Waals surface area contributed by atoms with Crippen LogP contribution in [0.1, 0.15) is 18.3 Å². The molecule has 5 heteroatoms. The van der Waals surface area contributed by atoms with Gasteiger partial charge in [0.05, 0.1) is 17.6 Å². The maximum atomic E-state index is 11.0. The Bertz CT molecular complexity index is 547. The van der Waals surface area contributed by atoms with Gasteiger partial charge in [0.15, 0.2) is 0 Å². The summed E-state index contributed by atoms with van der Waals surface area (Å²) in [4.78, 5) is 18.7. The fourth-order valence-corrected chi connectivity index (χ4v) is 1.85. The number of H-pyrrole nitrogens is 1. The van der Waals surface area contributed by atoms with Gasteiger partial charge in [0.1, 0.15) is 5.82 Å². The Morgan fingerprint density at radius 1 is 1.50 bits per heavy atom. The number of fused-ring (bicyclic) bond motifs is 1. The summed E-state index contributed by atoms with van der Waals surface area (Å²) in [5.41, 5.74) is 8.43. The second-order valence-electron chi connectivity index (χ2n) is 4.19. The molecular weight excluding hydrogens is 228 g/mol. The van der Waals surface area contributed by atoms with E-state index in [0.717, 1.165) is 29.7 Å². The van der Waals surface area contributed by atoms with Crippen molar-refractivity contribution in [3.8, 4) is 0 Å². The van der Waals surface area contributed by atoms with Gasteiger partial charge < -0.3 is 16.0 Å². The molecule has 0 aliphatic rings. The lowest BCUT2D eigenvalue weighted by atomic mass is 10.1. The average Bonchev–Trinajstić information content (AvgIpc) is 2.80. The Balaban J connectivity index is 2.03. The predicted molar refractivity (Wildman–Crippen MR) is 71.2 cm³/mol. The minimum atomic E-state index is -0.120. The molecule has 0 atom stereocenters. The van der Waals surface area contributed by atoms with Crippen LogP contribution in [0.5, 0.6) is 0 Å². The summed E-state index contributed by atoms with van der Waals surface area (Å²) in [5.74, 6) is 0.879. The molecule has 0 radical (unpaired) electrons. The second-order valence-corrected chi connectivity index (χ2v) is 4.19. The van der Waals surface area contributed by atoms with E-state index in [1.54, 1.807) is 0 Å². The molecule has 0 saturated carbocycles. The predicted octanol–water partition coefficient (Wildman–Crippen LogP) is 0.743. The SMILES string of the molecule is CCc1nc2ccc(CCNC(=O)CN)cc2[nH]1. The van der Waals surface area contributed by atoms with Gasteiger partial charge in [-0.05, 0) is 24.1 Å². The van der Waals surface area contributed by atoms with Gasteiger partial charge in [-0.1, -0.05) is 13.0 Å². The molecule has 0 saturated heterocycles. The monoisotopic (exact) mass is 246 g/mol. The molecule has 0 fully saturated rings. The lowest BCUT2D eigenvalue weighted by Crippen LogP contribution is -2.31. The zero-order valence-electron chi connectivity index (χ0n) is 10.5. The van der Waals surface area contributed by atoms with Crippen molar-refractivity contribution in [2.45, 2.75) is 19.8 Å². The van der Waals surface area contributed by atoms with Crippen LogP contribution in [0.25, 0.3) is 11.0 Å². The third kappa shape index (κ3) is 2.87. The van der Waals surface area contributed by atoms with Crippen molar-refractivity contribution in [2.24, 2.45) is 5.73 Å². The third-order valence-corrected chi connectivity index (χ3v) is 2.85. The first-order valence-corrected chi connectivity index (χ1v) is 6.17. The third-order valence-electron chi connectivity index (χ3n) is 2.85. The lowest BCUT2D eigenvalue weighted by molar-refractivity contribution is -0.119. The number of hydrogen-bond donors (Lipinski definition) is 3. The summed E-state index contributed by atoms with van der Waals surface area (Å²) in [6.45, 7) is 2.72. The molecular formula is C13H18N4O. The highest BCUT2D eigenvalue weighted by atomic mass is 16.1. The zero-order valence-corrected chi connectivity index (χ0v) is 10.5. The van der Waals surface area contributed by atoms with Gasteiger partial charge in [-0.3, -0.25) is 4.79 Å². The molecule has 1 amide bonds. The number of aryl methyl sites for hydroxylation is 1. The van der Waals surface area contributed by atoms with Crippen LogP contribution in [0.2, 0.25) is 0 Å². The highest BCUT2D eigenvalue weighted by Crippen LogP contribution is 2.14. The second kappa shape index (κ2) is 5.64. The van der Waals surface area contributed by atoms with Crippen LogP contribution in [0.4, 0.5) is 0 Å². The number of hydrogen-bond acceptors (Lipinski definition) is 3. The van der Waals surface area contributed by atoms with E-state index >= 15 is 0 Å². The maximum Gasteiger partial charge on any atom is 0.233 e. The van der Waals surface area contributed by atoms with E-state index in [1.807, 2.05) is 12.1 Å². The van der Waals surface area contributed by atoms with Crippen molar-refractivity contribution in [3.05, 3.63) is 29.6 Å². The highest BCUT2D eigenvalue weighted by Gasteiger charge is 2.03. The summed E-state index contributed by atoms with van der Waals surface area (Å²) >= 11 is 0. The van der Waals surface area contributed by atoms with Gasteiger partial charge in [0, 0.05) is 13.0 Å². The number of imidazole rings is 1. The Hall–Kier alpha value is -1.88. The topological polar surface area (TPSA) is 83.8 Å². The fraction of sp³-hybridized carbons (Fsp3) is 0.385. The molecule has 1 aromatic carbocycles. The van der Waals surface area contributed by atoms with E-state index in [-0.39, 0.29) is 12.5 Å². The van der Waals surface area contributed by atoms with Crippen LogP contribution < -0.4 is 11.1 Å². The number of carbonyl (C=O) groups is 1. The Morgan fingerprint density at radius 3 is 3.06 bits per heavy atom. The van der Waals surface area contributed by atoms with E-state index in [9.17, 15) is 4.79 Å². The Morgan fingerprint density at radius 2 is 2.33 bits per heavy atom. The Kier molecular flexibility index (Phi) is 3.94. The maximum absolute atomic E-state index is 11.0. The molecule has 0 spiro atoms. The number of nitrogens with one attached hydrogen (secondary N) is 2. The summed E-state index contributed by atoms with van der Waals surface area (Å²) in [6, 6.07) is 6.12. The smallest absolute Gasteiger partial charge is 0.233 e. The zero-order chi connectivity index (χ0) is 13.0. The summed E-state index contributed by atoms with van der Waals surface area (Å²) < 4.78 is 0. The minimum absolute atomic E-state index is 0.0411. The van der Waals surface area contributed by atoms with Crippen molar-refractivity contribution < 1.29 is 4.79 Å². The number of amides is 1. The summed E-state index contributed by atoms with van der Waals surface area (Å²) in [5, 5.41) is 2.76. The van der Waals surface area contributed by atoms with E-state index in [2.05, 4.69) is 28.3 Å². The molecule has 1 aromatic heterocycles. The van der Waals surface area contributed by atoms with Crippen molar-refractivity contribution in [2.75, 3.05) is 13.1 Å². The van der Waals surface area contributed by atoms with Crippen LogP contribution in [-0.2, 0) is 17.6 Å². The quantitative estimate of drug-likeness (QED) is 0.727. The molecule has 2 rings (SSSR count). The molecule has 5 nitrogen and oxygen atoms in total. The van der Waals surface area contributed by atoms with E-state index in [1.165, 1.54) is 5.56 Å².